The molecule has 110 valence electrons. The predicted molar refractivity (Wildman–Crippen MR) is 84.7 cm³/mol. The molecule has 2 amide bonds. The zero-order valence-electron chi connectivity index (χ0n) is 12.0. The van der Waals surface area contributed by atoms with Gasteiger partial charge in [-0.3, -0.25) is 5.32 Å². The summed E-state index contributed by atoms with van der Waals surface area (Å²) in [6.45, 7) is 2.01. The molecule has 0 unspecified atom stereocenters. The van der Waals surface area contributed by atoms with Crippen LogP contribution in [-0.2, 0) is 0 Å². The molecule has 0 aliphatic rings. The molecule has 0 radical (unpaired) electrons. The van der Waals surface area contributed by atoms with E-state index in [0.29, 0.717) is 11.5 Å². The van der Waals surface area contributed by atoms with Crippen molar-refractivity contribution >= 4 is 11.8 Å². The predicted octanol–water partition coefficient (Wildman–Crippen LogP) is 2.73. The van der Waals surface area contributed by atoms with Gasteiger partial charge in [-0.05, 0) is 19.1 Å². The van der Waals surface area contributed by atoms with Crippen molar-refractivity contribution in [1.29, 1.82) is 0 Å². The van der Waals surface area contributed by atoms with Crippen molar-refractivity contribution in [3.05, 3.63) is 60.2 Å². The van der Waals surface area contributed by atoms with E-state index in [4.69, 9.17) is 5.73 Å². The second-order valence-corrected chi connectivity index (χ2v) is 4.88. The van der Waals surface area contributed by atoms with Crippen molar-refractivity contribution in [2.45, 2.75) is 6.92 Å². The second kappa shape index (κ2) is 5.69. The normalized spacial score (nSPS) is 10.4. The van der Waals surface area contributed by atoms with E-state index in [1.807, 2.05) is 61.5 Å². The van der Waals surface area contributed by atoms with Crippen LogP contribution in [0.2, 0.25) is 0 Å². The van der Waals surface area contributed by atoms with Gasteiger partial charge >= 0.3 is 6.03 Å². The Morgan fingerprint density at radius 2 is 1.73 bits per heavy atom. The lowest BCUT2D eigenvalue weighted by atomic mass is 10.1. The number of primary amides is 1. The number of anilines is 1. The number of nitrogens with zero attached hydrogens (tertiary/aromatic N) is 3. The molecule has 3 N–H and O–H groups in total. The maximum Gasteiger partial charge on any atom is 0.317 e. The zero-order valence-corrected chi connectivity index (χ0v) is 12.0. The average Bonchev–Trinajstić information content (AvgIpc) is 2.92. The van der Waals surface area contributed by atoms with Gasteiger partial charge in [-0.15, -0.1) is 15.0 Å². The molecule has 6 nitrogen and oxygen atoms in total. The Bertz CT molecular complexity index is 793. The fourth-order valence-electron chi connectivity index (χ4n) is 2.09. The van der Waals surface area contributed by atoms with E-state index < -0.39 is 6.03 Å². The molecular formula is C16H15N5O. The van der Waals surface area contributed by atoms with Crippen molar-refractivity contribution in [3.63, 3.8) is 0 Å². The third-order valence-electron chi connectivity index (χ3n) is 3.17. The van der Waals surface area contributed by atoms with Gasteiger partial charge in [-0.25, -0.2) is 4.79 Å². The maximum atomic E-state index is 11.2. The van der Waals surface area contributed by atoms with Crippen LogP contribution in [0.5, 0.6) is 0 Å². The molecule has 3 aromatic rings. The number of carbonyl (C=O) groups is 1. The Balaban J connectivity index is 2.08. The zero-order chi connectivity index (χ0) is 15.5. The molecule has 0 saturated heterocycles. The van der Waals surface area contributed by atoms with Crippen LogP contribution in [0.25, 0.3) is 16.9 Å². The Labute approximate surface area is 127 Å². The van der Waals surface area contributed by atoms with Crippen LogP contribution in [0, 0.1) is 6.92 Å². The molecule has 3 rings (SSSR count). The highest BCUT2D eigenvalue weighted by Gasteiger charge is 2.15. The third-order valence-corrected chi connectivity index (χ3v) is 3.17. The SMILES string of the molecule is Cc1ccc(-n2nc(NC(N)=O)c(-c3ccccc3)n2)cc1. The molecule has 1 aromatic heterocycles. The number of benzene rings is 2. The summed E-state index contributed by atoms with van der Waals surface area (Å²) in [7, 11) is 0. The lowest BCUT2D eigenvalue weighted by Gasteiger charge is -1.99. The lowest BCUT2D eigenvalue weighted by molar-refractivity contribution is 0.259. The van der Waals surface area contributed by atoms with Crippen molar-refractivity contribution in [3.8, 4) is 16.9 Å². The van der Waals surface area contributed by atoms with Crippen molar-refractivity contribution in [1.82, 2.24) is 15.0 Å². The van der Waals surface area contributed by atoms with Gasteiger partial charge in [-0.1, -0.05) is 48.0 Å². The van der Waals surface area contributed by atoms with E-state index in [1.165, 1.54) is 4.80 Å². The first-order chi connectivity index (χ1) is 10.6. The number of carbonyl (C=O) groups excluding carboxylic acids is 1. The van der Waals surface area contributed by atoms with Crippen LogP contribution >= 0.6 is 0 Å². The first-order valence-corrected chi connectivity index (χ1v) is 6.80. The van der Waals surface area contributed by atoms with E-state index >= 15 is 0 Å². The van der Waals surface area contributed by atoms with E-state index in [0.717, 1.165) is 16.8 Å². The van der Waals surface area contributed by atoms with E-state index in [9.17, 15) is 4.79 Å². The molecule has 1 heterocycles. The van der Waals surface area contributed by atoms with Gasteiger partial charge in [0.1, 0.15) is 5.69 Å². The van der Waals surface area contributed by atoms with Gasteiger partial charge in [-0.2, -0.15) is 0 Å². The summed E-state index contributed by atoms with van der Waals surface area (Å²) >= 11 is 0. The molecule has 0 aliphatic carbocycles. The number of hydrogen-bond acceptors (Lipinski definition) is 3. The fourth-order valence-corrected chi connectivity index (χ4v) is 2.09. The highest BCUT2D eigenvalue weighted by atomic mass is 16.2. The topological polar surface area (TPSA) is 85.8 Å². The quantitative estimate of drug-likeness (QED) is 0.778. The Morgan fingerprint density at radius 1 is 1.05 bits per heavy atom. The monoisotopic (exact) mass is 293 g/mol. The summed E-state index contributed by atoms with van der Waals surface area (Å²) in [6.07, 6.45) is 0. The molecule has 0 saturated carbocycles. The lowest BCUT2D eigenvalue weighted by Crippen LogP contribution is -2.20. The summed E-state index contributed by atoms with van der Waals surface area (Å²) in [4.78, 5) is 12.7. The second-order valence-electron chi connectivity index (χ2n) is 4.88. The third kappa shape index (κ3) is 2.80. The number of nitrogens with one attached hydrogen (secondary N) is 1. The number of urea groups is 1. The first kappa shape index (κ1) is 13.8. The molecule has 0 spiro atoms. The number of aryl methyl sites for hydroxylation is 1. The molecule has 0 fully saturated rings. The maximum absolute atomic E-state index is 11.2. The van der Waals surface area contributed by atoms with Gasteiger partial charge in [0.05, 0.1) is 5.69 Å². The molecule has 2 aromatic carbocycles. The summed E-state index contributed by atoms with van der Waals surface area (Å²) in [5, 5.41) is 11.3. The van der Waals surface area contributed by atoms with Gasteiger partial charge < -0.3 is 5.73 Å². The van der Waals surface area contributed by atoms with Crippen LogP contribution in [-0.4, -0.2) is 21.0 Å². The number of hydrogen-bond donors (Lipinski definition) is 2. The fraction of sp³-hybridized carbons (Fsp3) is 0.0625. The standard InChI is InChI=1S/C16H15N5O/c1-11-7-9-13(10-8-11)21-19-14(12-5-3-2-4-6-12)15(20-21)18-16(17)22/h2-10H,1H3,(H3,17,18,20,22). The van der Waals surface area contributed by atoms with Crippen LogP contribution in [0.1, 0.15) is 5.56 Å². The summed E-state index contributed by atoms with van der Waals surface area (Å²) in [5.74, 6) is 0.333. The summed E-state index contributed by atoms with van der Waals surface area (Å²) < 4.78 is 0. The molecular weight excluding hydrogens is 278 g/mol. The molecule has 22 heavy (non-hydrogen) atoms. The minimum Gasteiger partial charge on any atom is -0.351 e. The van der Waals surface area contributed by atoms with Crippen molar-refractivity contribution < 1.29 is 4.79 Å². The largest absolute Gasteiger partial charge is 0.351 e. The van der Waals surface area contributed by atoms with Gasteiger partial charge in [0.15, 0.2) is 5.82 Å². The highest BCUT2D eigenvalue weighted by molar-refractivity contribution is 5.90. The number of nitrogens with two attached hydrogens (primary N) is 1. The smallest absolute Gasteiger partial charge is 0.317 e. The van der Waals surface area contributed by atoms with Gasteiger partial charge in [0.25, 0.3) is 0 Å². The van der Waals surface area contributed by atoms with Crippen LogP contribution in [0.4, 0.5) is 10.6 Å². The van der Waals surface area contributed by atoms with Gasteiger partial charge in [0, 0.05) is 5.56 Å². The number of rotatable bonds is 3. The highest BCUT2D eigenvalue weighted by Crippen LogP contribution is 2.25. The number of amides is 2. The van der Waals surface area contributed by atoms with Crippen molar-refractivity contribution in [2.75, 3.05) is 5.32 Å². The van der Waals surface area contributed by atoms with Crippen LogP contribution in [0.15, 0.2) is 54.6 Å². The minimum atomic E-state index is -0.673. The molecule has 6 heteroatoms. The van der Waals surface area contributed by atoms with E-state index in [1.54, 1.807) is 0 Å². The Hall–Kier alpha value is -3.15. The molecule has 0 bridgehead atoms. The Kier molecular flexibility index (Phi) is 3.57. The van der Waals surface area contributed by atoms with Crippen LogP contribution in [0.3, 0.4) is 0 Å². The molecule has 0 aliphatic heterocycles. The van der Waals surface area contributed by atoms with Gasteiger partial charge in [0.2, 0.25) is 0 Å². The van der Waals surface area contributed by atoms with E-state index in [2.05, 4.69) is 15.5 Å². The Morgan fingerprint density at radius 3 is 2.36 bits per heavy atom. The molecule has 0 atom stereocenters. The average molecular weight is 293 g/mol. The minimum absolute atomic E-state index is 0.333. The first-order valence-electron chi connectivity index (χ1n) is 6.80. The van der Waals surface area contributed by atoms with E-state index in [-0.39, 0.29) is 0 Å². The van der Waals surface area contributed by atoms with Crippen LogP contribution < -0.4 is 11.1 Å². The number of aromatic nitrogens is 3. The van der Waals surface area contributed by atoms with Crippen molar-refractivity contribution in [2.24, 2.45) is 5.73 Å². The summed E-state index contributed by atoms with van der Waals surface area (Å²) in [5.41, 5.74) is 8.59. The summed E-state index contributed by atoms with van der Waals surface area (Å²) in [6, 6.07) is 16.6.